The molecule has 1 fully saturated rings. The van der Waals surface area contributed by atoms with Crippen molar-refractivity contribution in [3.05, 3.63) is 29.3 Å². The van der Waals surface area contributed by atoms with Gasteiger partial charge in [0.25, 0.3) is 0 Å². The summed E-state index contributed by atoms with van der Waals surface area (Å²) in [5.41, 5.74) is 7.70. The summed E-state index contributed by atoms with van der Waals surface area (Å²) < 4.78 is 5.32. The van der Waals surface area contributed by atoms with E-state index in [0.717, 1.165) is 16.9 Å². The van der Waals surface area contributed by atoms with Crippen LogP contribution in [-0.4, -0.2) is 47.5 Å². The standard InChI is InChI=1S/C13H20N2O3/c1-18-13-3-2-9(5-14)4-10(13)6-15-7-11(16)12(17)8-15/h2-4,11-12,16-17H,5-8,14H2,1H3. The summed E-state index contributed by atoms with van der Waals surface area (Å²) in [7, 11) is 1.63. The molecule has 0 radical (unpaired) electrons. The summed E-state index contributed by atoms with van der Waals surface area (Å²) in [6, 6.07) is 5.85. The first-order valence-electron chi connectivity index (χ1n) is 6.08. The fourth-order valence-electron chi connectivity index (χ4n) is 2.30. The zero-order valence-electron chi connectivity index (χ0n) is 10.5. The minimum absolute atomic E-state index is 0.483. The number of nitrogens with two attached hydrogens (primary N) is 1. The van der Waals surface area contributed by atoms with Crippen molar-refractivity contribution in [1.29, 1.82) is 0 Å². The average molecular weight is 252 g/mol. The highest BCUT2D eigenvalue weighted by molar-refractivity contribution is 5.37. The van der Waals surface area contributed by atoms with E-state index >= 15 is 0 Å². The molecule has 0 bridgehead atoms. The number of aliphatic hydroxyl groups is 2. The SMILES string of the molecule is COc1ccc(CN)cc1CN1CC(O)C(O)C1. The number of rotatable bonds is 4. The van der Waals surface area contributed by atoms with Crippen molar-refractivity contribution in [1.82, 2.24) is 4.90 Å². The molecule has 1 aromatic rings. The third-order valence-corrected chi connectivity index (χ3v) is 3.31. The van der Waals surface area contributed by atoms with Crippen LogP contribution in [0, 0.1) is 0 Å². The van der Waals surface area contributed by atoms with Crippen LogP contribution in [0.2, 0.25) is 0 Å². The Morgan fingerprint density at radius 2 is 2.00 bits per heavy atom. The lowest BCUT2D eigenvalue weighted by Gasteiger charge is -2.17. The first-order chi connectivity index (χ1) is 8.63. The molecule has 0 aliphatic carbocycles. The van der Waals surface area contributed by atoms with Crippen LogP contribution < -0.4 is 10.5 Å². The van der Waals surface area contributed by atoms with E-state index in [1.54, 1.807) is 7.11 Å². The molecule has 5 nitrogen and oxygen atoms in total. The maximum atomic E-state index is 9.53. The van der Waals surface area contributed by atoms with Gasteiger partial charge in [0.2, 0.25) is 0 Å². The molecule has 1 saturated heterocycles. The molecule has 0 amide bonds. The number of β-amino-alcohol motifs (C(OH)–C–C–N with tert-alkyl or cyclic N) is 2. The van der Waals surface area contributed by atoms with Crippen molar-refractivity contribution < 1.29 is 14.9 Å². The quantitative estimate of drug-likeness (QED) is 0.685. The fraction of sp³-hybridized carbons (Fsp3) is 0.538. The van der Waals surface area contributed by atoms with E-state index in [1.165, 1.54) is 0 Å². The van der Waals surface area contributed by atoms with Gasteiger partial charge >= 0.3 is 0 Å². The zero-order valence-corrected chi connectivity index (χ0v) is 10.5. The molecule has 5 heteroatoms. The topological polar surface area (TPSA) is 79.0 Å². The van der Waals surface area contributed by atoms with Crippen LogP contribution >= 0.6 is 0 Å². The predicted molar refractivity (Wildman–Crippen MR) is 68.2 cm³/mol. The lowest BCUT2D eigenvalue weighted by molar-refractivity contribution is 0.0572. The molecule has 2 rings (SSSR count). The summed E-state index contributed by atoms with van der Waals surface area (Å²) in [6.45, 7) is 2.10. The molecule has 100 valence electrons. The predicted octanol–water partition coefficient (Wildman–Crippen LogP) is -0.309. The van der Waals surface area contributed by atoms with Gasteiger partial charge in [0.1, 0.15) is 5.75 Å². The van der Waals surface area contributed by atoms with E-state index in [4.69, 9.17) is 10.5 Å². The highest BCUT2D eigenvalue weighted by Crippen LogP contribution is 2.23. The molecule has 0 spiro atoms. The summed E-state index contributed by atoms with van der Waals surface area (Å²) in [5, 5.41) is 19.1. The van der Waals surface area contributed by atoms with Gasteiger partial charge in [-0.25, -0.2) is 0 Å². The molecule has 1 aliphatic heterocycles. The number of ether oxygens (including phenoxy) is 1. The molecule has 1 aromatic carbocycles. The molecule has 1 heterocycles. The van der Waals surface area contributed by atoms with Gasteiger partial charge in [-0.15, -0.1) is 0 Å². The second-order valence-corrected chi connectivity index (χ2v) is 4.68. The van der Waals surface area contributed by atoms with Crippen LogP contribution in [0.1, 0.15) is 11.1 Å². The van der Waals surface area contributed by atoms with Gasteiger partial charge < -0.3 is 20.7 Å². The van der Waals surface area contributed by atoms with E-state index < -0.39 is 12.2 Å². The molecule has 2 atom stereocenters. The second-order valence-electron chi connectivity index (χ2n) is 4.68. The number of aliphatic hydroxyl groups excluding tert-OH is 2. The Morgan fingerprint density at radius 3 is 2.56 bits per heavy atom. The Labute approximate surface area is 107 Å². The highest BCUT2D eigenvalue weighted by Gasteiger charge is 2.29. The van der Waals surface area contributed by atoms with E-state index in [-0.39, 0.29) is 0 Å². The first kappa shape index (κ1) is 13.3. The summed E-state index contributed by atoms with van der Waals surface area (Å²) in [4.78, 5) is 2.01. The van der Waals surface area contributed by atoms with Gasteiger partial charge in [0.15, 0.2) is 0 Å². The minimum Gasteiger partial charge on any atom is -0.496 e. The van der Waals surface area contributed by atoms with E-state index in [9.17, 15) is 10.2 Å². The van der Waals surface area contributed by atoms with Gasteiger partial charge in [-0.05, 0) is 17.7 Å². The van der Waals surface area contributed by atoms with Crippen molar-refractivity contribution in [2.24, 2.45) is 5.73 Å². The van der Waals surface area contributed by atoms with E-state index in [0.29, 0.717) is 26.2 Å². The smallest absolute Gasteiger partial charge is 0.123 e. The number of methoxy groups -OCH3 is 1. The van der Waals surface area contributed by atoms with Gasteiger partial charge in [-0.3, -0.25) is 4.90 Å². The monoisotopic (exact) mass is 252 g/mol. The van der Waals surface area contributed by atoms with E-state index in [1.807, 2.05) is 23.1 Å². The van der Waals surface area contributed by atoms with Crippen molar-refractivity contribution in [3.63, 3.8) is 0 Å². The number of hydrogen-bond acceptors (Lipinski definition) is 5. The van der Waals surface area contributed by atoms with Crippen molar-refractivity contribution >= 4 is 0 Å². The molecule has 18 heavy (non-hydrogen) atoms. The second kappa shape index (κ2) is 5.67. The minimum atomic E-state index is -0.659. The summed E-state index contributed by atoms with van der Waals surface area (Å²) in [5.74, 6) is 0.808. The third-order valence-electron chi connectivity index (χ3n) is 3.31. The Balaban J connectivity index is 2.12. The first-order valence-corrected chi connectivity index (χ1v) is 6.08. The molecule has 1 aliphatic rings. The van der Waals surface area contributed by atoms with E-state index in [2.05, 4.69) is 0 Å². The molecule has 2 unspecified atom stereocenters. The molecule has 4 N–H and O–H groups in total. The van der Waals surface area contributed by atoms with Crippen LogP contribution in [0.4, 0.5) is 0 Å². The Morgan fingerprint density at radius 1 is 1.33 bits per heavy atom. The van der Waals surface area contributed by atoms with Gasteiger partial charge in [-0.2, -0.15) is 0 Å². The summed E-state index contributed by atoms with van der Waals surface area (Å²) >= 11 is 0. The van der Waals surface area contributed by atoms with Crippen LogP contribution in [0.25, 0.3) is 0 Å². The van der Waals surface area contributed by atoms with Gasteiger partial charge in [0, 0.05) is 31.7 Å². The maximum absolute atomic E-state index is 9.53. The average Bonchev–Trinajstić information content (AvgIpc) is 2.68. The molecule has 0 aromatic heterocycles. The third kappa shape index (κ3) is 2.81. The van der Waals surface area contributed by atoms with Crippen LogP contribution in [0.5, 0.6) is 5.75 Å². The largest absolute Gasteiger partial charge is 0.496 e. The number of benzene rings is 1. The number of likely N-dealkylation sites (tertiary alicyclic amines) is 1. The van der Waals surface area contributed by atoms with Crippen LogP contribution in [0.3, 0.4) is 0 Å². The highest BCUT2D eigenvalue weighted by atomic mass is 16.5. The fourth-order valence-corrected chi connectivity index (χ4v) is 2.30. The van der Waals surface area contributed by atoms with Gasteiger partial charge in [0.05, 0.1) is 19.3 Å². The number of nitrogens with zero attached hydrogens (tertiary/aromatic N) is 1. The molecular weight excluding hydrogens is 232 g/mol. The van der Waals surface area contributed by atoms with Gasteiger partial charge in [-0.1, -0.05) is 6.07 Å². The maximum Gasteiger partial charge on any atom is 0.123 e. The van der Waals surface area contributed by atoms with Crippen molar-refractivity contribution in [2.75, 3.05) is 20.2 Å². The van der Waals surface area contributed by atoms with Crippen molar-refractivity contribution in [3.8, 4) is 5.75 Å². The summed E-state index contributed by atoms with van der Waals surface area (Å²) in [6.07, 6.45) is -1.32. The Bertz CT molecular complexity index is 401. The van der Waals surface area contributed by atoms with Crippen molar-refractivity contribution in [2.45, 2.75) is 25.3 Å². The Kier molecular flexibility index (Phi) is 4.19. The molecule has 0 saturated carbocycles. The Hall–Kier alpha value is -1.14. The normalized spacial score (nSPS) is 24.4. The zero-order chi connectivity index (χ0) is 13.1. The van der Waals surface area contributed by atoms with Crippen LogP contribution in [-0.2, 0) is 13.1 Å². The lowest BCUT2D eigenvalue weighted by Crippen LogP contribution is -2.22. The van der Waals surface area contributed by atoms with Crippen LogP contribution in [0.15, 0.2) is 18.2 Å². The lowest BCUT2D eigenvalue weighted by atomic mass is 10.1. The number of hydrogen-bond donors (Lipinski definition) is 3. The molecular formula is C13H20N2O3.